The highest BCUT2D eigenvalue weighted by Crippen LogP contribution is 2.45. The van der Waals surface area contributed by atoms with Gasteiger partial charge in [0.2, 0.25) is 5.69 Å². The van der Waals surface area contributed by atoms with Crippen LogP contribution in [0.2, 0.25) is 0 Å². The molecule has 0 aliphatic carbocycles. The number of fused-ring (bicyclic) bond motifs is 1. The largest absolute Gasteiger partial charge is 0.481 e. The van der Waals surface area contributed by atoms with Crippen LogP contribution in [0.4, 0.5) is 11.4 Å². The lowest BCUT2D eigenvalue weighted by molar-refractivity contribution is -0.436. The minimum atomic E-state index is -0.803. The molecule has 0 spiro atoms. The highest BCUT2D eigenvalue weighted by atomic mass is 16.4. The Hall–Kier alpha value is -6.52. The fourth-order valence-electron chi connectivity index (χ4n) is 9.03. The summed E-state index contributed by atoms with van der Waals surface area (Å²) in [5.41, 5.74) is 11.9. The van der Waals surface area contributed by atoms with Gasteiger partial charge in [-0.05, 0) is 79.0 Å². The molecule has 0 aromatic heterocycles. The van der Waals surface area contributed by atoms with Gasteiger partial charge >= 0.3 is 5.97 Å². The first kappa shape index (κ1) is 41.6. The van der Waals surface area contributed by atoms with Crippen molar-refractivity contribution in [1.82, 2.24) is 0 Å². The number of carboxylic acid groups (broad SMARTS) is 1. The summed E-state index contributed by atoms with van der Waals surface area (Å²) < 4.78 is 2.26. The van der Waals surface area contributed by atoms with Crippen LogP contribution in [0.1, 0.15) is 53.1 Å². The van der Waals surface area contributed by atoms with Gasteiger partial charge < -0.3 is 10.0 Å². The predicted molar refractivity (Wildman–Crippen MR) is 249 cm³/mol. The van der Waals surface area contributed by atoms with E-state index in [-0.39, 0.29) is 12.3 Å². The first-order chi connectivity index (χ1) is 29.4. The van der Waals surface area contributed by atoms with Crippen molar-refractivity contribution in [1.29, 1.82) is 0 Å². The van der Waals surface area contributed by atoms with Gasteiger partial charge in [0, 0.05) is 41.6 Å². The molecule has 6 aromatic rings. The van der Waals surface area contributed by atoms with E-state index in [1.54, 1.807) is 0 Å². The summed E-state index contributed by atoms with van der Waals surface area (Å²) in [7, 11) is 0. The Balaban J connectivity index is 1.34. The number of aryl methyl sites for hydroxylation is 1. The van der Waals surface area contributed by atoms with Gasteiger partial charge in [0.05, 0.1) is 5.41 Å². The molecular formula is C56H57N2O2+. The number of hydrogen-bond acceptors (Lipinski definition) is 2. The molecule has 0 saturated carbocycles. The second-order valence-corrected chi connectivity index (χ2v) is 16.0. The van der Waals surface area contributed by atoms with Gasteiger partial charge in [-0.25, -0.2) is 0 Å². The van der Waals surface area contributed by atoms with Crippen LogP contribution >= 0.6 is 0 Å². The summed E-state index contributed by atoms with van der Waals surface area (Å²) in [4.78, 5) is 14.7. The molecule has 7 rings (SSSR count). The van der Waals surface area contributed by atoms with Gasteiger partial charge in [0.15, 0.2) is 12.3 Å². The highest BCUT2D eigenvalue weighted by molar-refractivity contribution is 6.04. The maximum absolute atomic E-state index is 12.1. The fraction of sp³-hybridized carbons (Fsp3) is 0.214. The molecule has 1 aliphatic rings. The first-order valence-electron chi connectivity index (χ1n) is 21.4. The standard InChI is InChI=1S/C56H56N2O2/c1-3-38-57(51-33-21-19-23-44(51)2)52(49(40-45-24-9-4-10-25-45)41-46-26-11-5-12-27-46)34-17-8-18-36-54-56(42-47-28-13-6-14-29-47,43-48-30-15-7-16-31-48)50-32-20-22-35-53(50)58(54)39-37-55(59)60/h4-36,49H,3,37-43H2,1-2H3/p+1. The summed E-state index contributed by atoms with van der Waals surface area (Å²) in [6.07, 6.45) is 15.5. The molecule has 0 bridgehead atoms. The number of allylic oxidation sites excluding steroid dienone is 6. The fourth-order valence-corrected chi connectivity index (χ4v) is 9.03. The van der Waals surface area contributed by atoms with Gasteiger partial charge in [-0.2, -0.15) is 4.58 Å². The van der Waals surface area contributed by atoms with Gasteiger partial charge in [0.25, 0.3) is 0 Å². The molecule has 0 amide bonds. The third-order valence-electron chi connectivity index (χ3n) is 11.7. The van der Waals surface area contributed by atoms with E-state index in [4.69, 9.17) is 0 Å². The molecule has 0 atom stereocenters. The Labute approximate surface area is 357 Å². The lowest BCUT2D eigenvalue weighted by Gasteiger charge is -2.34. The lowest BCUT2D eigenvalue weighted by Crippen LogP contribution is -2.39. The van der Waals surface area contributed by atoms with Crippen molar-refractivity contribution >= 4 is 23.1 Å². The summed E-state index contributed by atoms with van der Waals surface area (Å²) in [5.74, 6) is -0.591. The number of benzene rings is 6. The van der Waals surface area contributed by atoms with Crippen molar-refractivity contribution in [2.75, 3.05) is 18.0 Å². The first-order valence-corrected chi connectivity index (χ1v) is 21.4. The van der Waals surface area contributed by atoms with E-state index < -0.39 is 11.4 Å². The average molecular weight is 790 g/mol. The number of carboxylic acids is 1. The van der Waals surface area contributed by atoms with Crippen LogP contribution in [0.3, 0.4) is 0 Å². The molecule has 0 radical (unpaired) electrons. The highest BCUT2D eigenvalue weighted by Gasteiger charge is 2.51. The van der Waals surface area contributed by atoms with Gasteiger partial charge in [0.1, 0.15) is 6.42 Å². The number of nitrogens with zero attached hydrogens (tertiary/aromatic N) is 2. The van der Waals surface area contributed by atoms with Crippen molar-refractivity contribution in [2.45, 2.75) is 57.8 Å². The number of carbonyl (C=O) groups is 1. The van der Waals surface area contributed by atoms with Crippen LogP contribution in [-0.4, -0.2) is 34.5 Å². The van der Waals surface area contributed by atoms with Crippen molar-refractivity contribution in [3.05, 3.63) is 239 Å². The number of para-hydroxylation sites is 2. The van der Waals surface area contributed by atoms with Gasteiger partial charge in [-0.15, -0.1) is 0 Å². The Morgan fingerprint density at radius 2 is 1.17 bits per heavy atom. The second-order valence-electron chi connectivity index (χ2n) is 16.0. The third kappa shape index (κ3) is 10.2. The molecule has 302 valence electrons. The quantitative estimate of drug-likeness (QED) is 0.0656. The normalized spacial score (nSPS) is 13.7. The Morgan fingerprint density at radius 1 is 0.650 bits per heavy atom. The van der Waals surface area contributed by atoms with Crippen LogP contribution in [0, 0.1) is 12.8 Å². The van der Waals surface area contributed by atoms with E-state index in [1.165, 1.54) is 44.8 Å². The molecule has 4 nitrogen and oxygen atoms in total. The van der Waals surface area contributed by atoms with Crippen LogP contribution in [-0.2, 0) is 35.9 Å². The summed E-state index contributed by atoms with van der Waals surface area (Å²) >= 11 is 0. The van der Waals surface area contributed by atoms with E-state index in [0.717, 1.165) is 50.0 Å². The Morgan fingerprint density at radius 3 is 1.72 bits per heavy atom. The molecular weight excluding hydrogens is 733 g/mol. The maximum atomic E-state index is 12.1. The summed E-state index contributed by atoms with van der Waals surface area (Å²) in [6.45, 7) is 5.75. The van der Waals surface area contributed by atoms with Crippen molar-refractivity contribution in [3.63, 3.8) is 0 Å². The number of aliphatic carboxylic acids is 1. The number of hydrogen-bond donors (Lipinski definition) is 1. The second kappa shape index (κ2) is 20.4. The predicted octanol–water partition coefficient (Wildman–Crippen LogP) is 12.3. The van der Waals surface area contributed by atoms with Crippen LogP contribution in [0.15, 0.2) is 206 Å². The van der Waals surface area contributed by atoms with E-state index in [1.807, 2.05) is 0 Å². The van der Waals surface area contributed by atoms with E-state index in [9.17, 15) is 9.90 Å². The molecule has 4 heteroatoms. The maximum Gasteiger partial charge on any atom is 0.309 e. The zero-order valence-corrected chi connectivity index (χ0v) is 35.0. The minimum Gasteiger partial charge on any atom is -0.481 e. The zero-order chi connectivity index (χ0) is 41.6. The minimum absolute atomic E-state index is 0.0384. The van der Waals surface area contributed by atoms with Crippen molar-refractivity contribution in [3.8, 4) is 0 Å². The van der Waals surface area contributed by atoms with Gasteiger partial charge in [-0.3, -0.25) is 4.79 Å². The topological polar surface area (TPSA) is 43.5 Å². The molecule has 60 heavy (non-hydrogen) atoms. The molecule has 1 heterocycles. The van der Waals surface area contributed by atoms with Crippen LogP contribution in [0.5, 0.6) is 0 Å². The van der Waals surface area contributed by atoms with Crippen molar-refractivity contribution < 1.29 is 14.5 Å². The van der Waals surface area contributed by atoms with Crippen LogP contribution in [0.25, 0.3) is 0 Å². The van der Waals surface area contributed by atoms with E-state index in [2.05, 4.69) is 224 Å². The smallest absolute Gasteiger partial charge is 0.309 e. The SMILES string of the molecule is CCCN(C(=CC=CC=CC1=[N+](CCC(=O)O)c2ccccc2C1(Cc1ccccc1)Cc1ccccc1)C(Cc1ccccc1)Cc1ccccc1)c1ccccc1C. The third-order valence-corrected chi connectivity index (χ3v) is 11.7. The molecule has 0 fully saturated rings. The summed E-state index contributed by atoms with van der Waals surface area (Å²) in [5, 5.41) is 9.94. The molecule has 0 saturated heterocycles. The molecule has 0 unspecified atom stereocenters. The lowest BCUT2D eigenvalue weighted by atomic mass is 9.69. The monoisotopic (exact) mass is 789 g/mol. The zero-order valence-electron chi connectivity index (χ0n) is 35.0. The number of rotatable bonds is 19. The van der Waals surface area contributed by atoms with Gasteiger partial charge in [-0.1, -0.05) is 183 Å². The number of anilines is 1. The average Bonchev–Trinajstić information content (AvgIpc) is 3.52. The molecule has 6 aromatic carbocycles. The van der Waals surface area contributed by atoms with Crippen LogP contribution < -0.4 is 4.90 Å². The molecule has 1 N–H and O–H groups in total. The van der Waals surface area contributed by atoms with E-state index in [0.29, 0.717) is 6.54 Å². The Bertz CT molecular complexity index is 2350. The Kier molecular flexibility index (Phi) is 14.2. The van der Waals surface area contributed by atoms with E-state index >= 15 is 0 Å². The molecule has 1 aliphatic heterocycles. The van der Waals surface area contributed by atoms with Crippen molar-refractivity contribution in [2.24, 2.45) is 5.92 Å². The summed E-state index contributed by atoms with van der Waals surface area (Å²) in [6, 6.07) is 60.5.